The zero-order chi connectivity index (χ0) is 18.8. The average Bonchev–Trinajstić information content (AvgIpc) is 2.89. The van der Waals surface area contributed by atoms with Crippen LogP contribution in [-0.2, 0) is 9.59 Å². The van der Waals surface area contributed by atoms with Crippen LogP contribution in [0.4, 0.5) is 11.4 Å². The van der Waals surface area contributed by atoms with E-state index in [0.29, 0.717) is 5.02 Å². The quantitative estimate of drug-likeness (QED) is 0.438. The maximum atomic E-state index is 12.7. The molecule has 0 bridgehead atoms. The Morgan fingerprint density at radius 3 is 2.54 bits per heavy atom. The van der Waals surface area contributed by atoms with Crippen LogP contribution in [0.25, 0.3) is 0 Å². The summed E-state index contributed by atoms with van der Waals surface area (Å²) in [6.07, 6.45) is 0.0340. The van der Waals surface area contributed by atoms with Gasteiger partial charge in [0.15, 0.2) is 0 Å². The lowest BCUT2D eigenvalue weighted by Crippen LogP contribution is -2.31. The predicted octanol–water partition coefficient (Wildman–Crippen LogP) is 3.68. The highest BCUT2D eigenvalue weighted by Gasteiger charge is 2.41. The van der Waals surface area contributed by atoms with Gasteiger partial charge in [-0.15, -0.1) is 11.8 Å². The number of anilines is 1. The second kappa shape index (κ2) is 7.35. The molecule has 2 aromatic rings. The maximum absolute atomic E-state index is 12.7. The first-order valence-electron chi connectivity index (χ1n) is 7.52. The smallest absolute Gasteiger partial charge is 0.273 e. The minimum atomic E-state index is -0.580. The van der Waals surface area contributed by atoms with Crippen molar-refractivity contribution in [2.75, 3.05) is 12.0 Å². The number of benzene rings is 2. The lowest BCUT2D eigenvalue weighted by atomic mass is 10.2. The molecule has 1 heterocycles. The third-order valence-electron chi connectivity index (χ3n) is 3.81. The topological polar surface area (TPSA) is 89.8 Å². The Labute approximate surface area is 158 Å². The zero-order valence-electron chi connectivity index (χ0n) is 13.5. The van der Waals surface area contributed by atoms with Gasteiger partial charge in [-0.25, -0.2) is 4.90 Å². The van der Waals surface area contributed by atoms with Gasteiger partial charge < -0.3 is 4.74 Å². The van der Waals surface area contributed by atoms with Gasteiger partial charge in [0.05, 0.1) is 29.0 Å². The Morgan fingerprint density at radius 2 is 1.92 bits per heavy atom. The number of nitro benzene ring substituents is 1. The highest BCUT2D eigenvalue weighted by molar-refractivity contribution is 8.00. The molecule has 0 N–H and O–H groups in total. The molecule has 26 heavy (non-hydrogen) atoms. The number of nitrogens with zero attached hydrogens (tertiary/aromatic N) is 2. The molecular formula is C17H13ClN2O5S. The van der Waals surface area contributed by atoms with E-state index in [1.165, 1.54) is 37.1 Å². The van der Waals surface area contributed by atoms with Crippen molar-refractivity contribution in [3.63, 3.8) is 0 Å². The van der Waals surface area contributed by atoms with Crippen LogP contribution in [0.15, 0.2) is 47.4 Å². The number of nitro groups is 1. The molecule has 2 amide bonds. The van der Waals surface area contributed by atoms with Gasteiger partial charge in [-0.1, -0.05) is 11.6 Å². The lowest BCUT2D eigenvalue weighted by molar-refractivity contribution is -0.384. The largest absolute Gasteiger partial charge is 0.494 e. The number of halogens is 1. The van der Waals surface area contributed by atoms with Crippen LogP contribution in [0.1, 0.15) is 6.42 Å². The normalized spacial score (nSPS) is 16.8. The summed E-state index contributed by atoms with van der Waals surface area (Å²) in [6.45, 7) is 0. The van der Waals surface area contributed by atoms with E-state index in [1.54, 1.807) is 24.3 Å². The Kier molecular flexibility index (Phi) is 5.15. The van der Waals surface area contributed by atoms with E-state index in [2.05, 4.69) is 0 Å². The first-order chi connectivity index (χ1) is 12.4. The fourth-order valence-electron chi connectivity index (χ4n) is 2.59. The van der Waals surface area contributed by atoms with Crippen molar-refractivity contribution in [2.24, 2.45) is 0 Å². The van der Waals surface area contributed by atoms with Gasteiger partial charge >= 0.3 is 0 Å². The zero-order valence-corrected chi connectivity index (χ0v) is 15.1. The number of ether oxygens (including phenoxy) is 1. The second-order valence-electron chi connectivity index (χ2n) is 5.45. The molecule has 134 valence electrons. The van der Waals surface area contributed by atoms with Crippen LogP contribution in [0, 0.1) is 10.1 Å². The molecule has 1 aliphatic heterocycles. The summed E-state index contributed by atoms with van der Waals surface area (Å²) in [5.41, 5.74) is 0.0177. The van der Waals surface area contributed by atoms with Gasteiger partial charge in [0.25, 0.3) is 5.69 Å². The number of thioether (sulfide) groups is 1. The van der Waals surface area contributed by atoms with E-state index in [-0.39, 0.29) is 35.4 Å². The van der Waals surface area contributed by atoms with E-state index in [1.807, 2.05) is 0 Å². The average molecular weight is 393 g/mol. The van der Waals surface area contributed by atoms with Crippen LogP contribution in [-0.4, -0.2) is 29.1 Å². The highest BCUT2D eigenvalue weighted by Crippen LogP contribution is 2.39. The molecule has 0 aliphatic carbocycles. The number of methoxy groups -OCH3 is 1. The van der Waals surface area contributed by atoms with Gasteiger partial charge in [0.1, 0.15) is 5.75 Å². The summed E-state index contributed by atoms with van der Waals surface area (Å²) in [4.78, 5) is 37.3. The number of imide groups is 1. The molecule has 2 aromatic carbocycles. The van der Waals surface area contributed by atoms with Crippen molar-refractivity contribution in [3.8, 4) is 5.75 Å². The van der Waals surface area contributed by atoms with E-state index < -0.39 is 10.2 Å². The molecule has 1 atom stereocenters. The second-order valence-corrected chi connectivity index (χ2v) is 7.16. The van der Waals surface area contributed by atoms with Crippen LogP contribution in [0.2, 0.25) is 5.02 Å². The van der Waals surface area contributed by atoms with E-state index >= 15 is 0 Å². The molecule has 1 saturated heterocycles. The molecule has 0 unspecified atom stereocenters. The standard InChI is InChI=1S/C17H13ClN2O5S/c1-25-14-8-11(20(23)24)4-7-13(14)19-16(21)9-15(17(19)22)26-12-5-2-10(18)3-6-12/h2-8,15H,9H2,1H3/t15-/m1/s1. The maximum Gasteiger partial charge on any atom is 0.273 e. The first kappa shape index (κ1) is 18.2. The monoisotopic (exact) mass is 392 g/mol. The molecular weight excluding hydrogens is 380 g/mol. The van der Waals surface area contributed by atoms with Crippen molar-refractivity contribution in [1.29, 1.82) is 0 Å². The Balaban J connectivity index is 1.87. The fourth-order valence-corrected chi connectivity index (χ4v) is 3.77. The SMILES string of the molecule is COc1cc([N+](=O)[O-])ccc1N1C(=O)C[C@@H](Sc2ccc(Cl)cc2)C1=O. The summed E-state index contributed by atoms with van der Waals surface area (Å²) in [5, 5.41) is 10.9. The van der Waals surface area contributed by atoms with Gasteiger partial charge in [-0.2, -0.15) is 0 Å². The number of carbonyl (C=O) groups excluding carboxylic acids is 2. The Hall–Kier alpha value is -2.58. The van der Waals surface area contributed by atoms with Crippen LogP contribution >= 0.6 is 23.4 Å². The number of amides is 2. The molecule has 0 saturated carbocycles. The van der Waals surface area contributed by atoms with Crippen LogP contribution in [0.5, 0.6) is 5.75 Å². The van der Waals surface area contributed by atoms with Crippen molar-refractivity contribution < 1.29 is 19.2 Å². The minimum absolute atomic E-state index is 0.0340. The molecule has 3 rings (SSSR count). The molecule has 0 radical (unpaired) electrons. The van der Waals surface area contributed by atoms with E-state index in [9.17, 15) is 19.7 Å². The molecule has 9 heteroatoms. The number of hydrogen-bond donors (Lipinski definition) is 0. The molecule has 0 aromatic heterocycles. The van der Waals surface area contributed by atoms with Crippen LogP contribution in [0.3, 0.4) is 0 Å². The summed E-state index contributed by atoms with van der Waals surface area (Å²) in [6, 6.07) is 10.8. The molecule has 1 fully saturated rings. The third kappa shape index (κ3) is 3.51. The summed E-state index contributed by atoms with van der Waals surface area (Å²) < 4.78 is 5.14. The number of carbonyl (C=O) groups is 2. The van der Waals surface area contributed by atoms with Crippen molar-refractivity contribution in [1.82, 2.24) is 0 Å². The highest BCUT2D eigenvalue weighted by atomic mass is 35.5. The molecule has 0 spiro atoms. The van der Waals surface area contributed by atoms with Gasteiger partial charge in [-0.05, 0) is 30.3 Å². The Morgan fingerprint density at radius 1 is 1.23 bits per heavy atom. The minimum Gasteiger partial charge on any atom is -0.494 e. The Bertz CT molecular complexity index is 887. The van der Waals surface area contributed by atoms with E-state index in [4.69, 9.17) is 16.3 Å². The number of non-ortho nitro benzene ring substituents is 1. The third-order valence-corrected chi connectivity index (χ3v) is 5.26. The first-order valence-corrected chi connectivity index (χ1v) is 8.78. The van der Waals surface area contributed by atoms with E-state index in [0.717, 1.165) is 9.80 Å². The summed E-state index contributed by atoms with van der Waals surface area (Å²) in [7, 11) is 1.33. The summed E-state index contributed by atoms with van der Waals surface area (Å²) in [5.74, 6) is -0.672. The number of rotatable bonds is 5. The van der Waals surface area contributed by atoms with Gasteiger partial charge in [0.2, 0.25) is 11.8 Å². The van der Waals surface area contributed by atoms with Crippen LogP contribution < -0.4 is 9.64 Å². The van der Waals surface area contributed by atoms with Crippen molar-refractivity contribution >= 4 is 46.6 Å². The fraction of sp³-hybridized carbons (Fsp3) is 0.176. The van der Waals surface area contributed by atoms with Crippen molar-refractivity contribution in [2.45, 2.75) is 16.6 Å². The molecule has 1 aliphatic rings. The predicted molar refractivity (Wildman–Crippen MR) is 97.9 cm³/mol. The number of hydrogen-bond acceptors (Lipinski definition) is 6. The van der Waals surface area contributed by atoms with Crippen molar-refractivity contribution in [3.05, 3.63) is 57.6 Å². The lowest BCUT2D eigenvalue weighted by Gasteiger charge is -2.17. The van der Waals surface area contributed by atoms with Gasteiger partial charge in [0, 0.05) is 22.4 Å². The van der Waals surface area contributed by atoms with Gasteiger partial charge in [-0.3, -0.25) is 19.7 Å². The summed E-state index contributed by atoms with van der Waals surface area (Å²) >= 11 is 7.12. The molecule has 7 nitrogen and oxygen atoms in total.